The predicted octanol–water partition coefficient (Wildman–Crippen LogP) is -0.185. The van der Waals surface area contributed by atoms with Crippen molar-refractivity contribution in [1.82, 2.24) is 19.9 Å². The van der Waals surface area contributed by atoms with E-state index in [9.17, 15) is 5.11 Å². The van der Waals surface area contributed by atoms with Crippen molar-refractivity contribution in [2.45, 2.75) is 19.4 Å². The second-order valence-corrected chi connectivity index (χ2v) is 5.77. The Labute approximate surface area is 125 Å². The first-order valence-corrected chi connectivity index (χ1v) is 7.09. The van der Waals surface area contributed by atoms with Crippen LogP contribution >= 0.6 is 0 Å². The highest BCUT2D eigenvalue weighted by atomic mass is 16.5. The molecule has 21 heavy (non-hydrogen) atoms. The molecule has 0 aromatic carbocycles. The summed E-state index contributed by atoms with van der Waals surface area (Å²) in [7, 11) is 3.31. The van der Waals surface area contributed by atoms with Crippen LogP contribution in [0.3, 0.4) is 0 Å². The highest BCUT2D eigenvalue weighted by Crippen LogP contribution is 2.17. The van der Waals surface area contributed by atoms with Crippen molar-refractivity contribution in [3.05, 3.63) is 0 Å². The number of piperazine rings is 1. The number of nitrogens with one attached hydrogen (secondary N) is 1. The third-order valence-corrected chi connectivity index (χ3v) is 3.27. The lowest BCUT2D eigenvalue weighted by atomic mass is 10.1. The number of ether oxygens (including phenoxy) is 1. The van der Waals surface area contributed by atoms with Crippen molar-refractivity contribution < 1.29 is 9.84 Å². The number of methoxy groups -OCH3 is 1. The van der Waals surface area contributed by atoms with Gasteiger partial charge in [-0.05, 0) is 13.8 Å². The van der Waals surface area contributed by atoms with E-state index in [0.29, 0.717) is 24.5 Å². The lowest BCUT2D eigenvalue weighted by Crippen LogP contribution is -2.51. The Morgan fingerprint density at radius 1 is 1.19 bits per heavy atom. The summed E-state index contributed by atoms with van der Waals surface area (Å²) in [4.78, 5) is 17.1. The first kappa shape index (κ1) is 15.7. The maximum Gasteiger partial charge on any atom is 0.322 e. The van der Waals surface area contributed by atoms with Crippen LogP contribution in [-0.2, 0) is 0 Å². The van der Waals surface area contributed by atoms with Gasteiger partial charge in [-0.25, -0.2) is 0 Å². The Morgan fingerprint density at radius 2 is 1.86 bits per heavy atom. The molecule has 0 bridgehead atoms. The molecule has 1 aromatic rings. The van der Waals surface area contributed by atoms with E-state index < -0.39 is 5.60 Å². The molecule has 2 rings (SSSR count). The number of rotatable bonds is 5. The first-order valence-electron chi connectivity index (χ1n) is 7.09. The third-order valence-electron chi connectivity index (χ3n) is 3.27. The largest absolute Gasteiger partial charge is 0.467 e. The van der Waals surface area contributed by atoms with Gasteiger partial charge >= 0.3 is 6.01 Å². The topological polar surface area (TPSA) is 86.6 Å². The van der Waals surface area contributed by atoms with Gasteiger partial charge in [0, 0.05) is 39.8 Å². The molecule has 0 aliphatic carbocycles. The Morgan fingerprint density at radius 3 is 2.38 bits per heavy atom. The van der Waals surface area contributed by atoms with Crippen LogP contribution in [-0.4, -0.2) is 77.4 Å². The highest BCUT2D eigenvalue weighted by molar-refractivity contribution is 5.38. The van der Waals surface area contributed by atoms with E-state index in [2.05, 4.69) is 30.1 Å². The number of aromatic nitrogens is 3. The maximum atomic E-state index is 9.88. The summed E-state index contributed by atoms with van der Waals surface area (Å²) in [5.41, 5.74) is -0.669. The molecule has 1 saturated heterocycles. The summed E-state index contributed by atoms with van der Waals surface area (Å²) < 4.78 is 5.10. The van der Waals surface area contributed by atoms with Crippen molar-refractivity contribution >= 4 is 11.9 Å². The lowest BCUT2D eigenvalue weighted by Gasteiger charge is -2.37. The third kappa shape index (κ3) is 4.40. The number of hydrogen-bond donors (Lipinski definition) is 2. The molecule has 0 spiro atoms. The fourth-order valence-corrected chi connectivity index (χ4v) is 2.34. The molecule has 2 heterocycles. The summed E-state index contributed by atoms with van der Waals surface area (Å²) in [5.74, 6) is 1.12. The van der Waals surface area contributed by atoms with Crippen LogP contribution in [0.2, 0.25) is 0 Å². The summed E-state index contributed by atoms with van der Waals surface area (Å²) >= 11 is 0. The summed E-state index contributed by atoms with van der Waals surface area (Å²) in [6.45, 7) is 7.69. The molecule has 1 aliphatic heterocycles. The average molecular weight is 296 g/mol. The molecule has 1 fully saturated rings. The maximum absolute atomic E-state index is 9.88. The molecule has 0 atom stereocenters. The Balaban J connectivity index is 2.02. The Bertz CT molecular complexity index is 446. The van der Waals surface area contributed by atoms with Crippen LogP contribution < -0.4 is 15.0 Å². The van der Waals surface area contributed by atoms with Gasteiger partial charge in [0.1, 0.15) is 0 Å². The molecule has 1 aromatic heterocycles. The zero-order valence-corrected chi connectivity index (χ0v) is 13.1. The van der Waals surface area contributed by atoms with Crippen molar-refractivity contribution in [2.24, 2.45) is 0 Å². The number of hydrogen-bond acceptors (Lipinski definition) is 8. The molecule has 2 N–H and O–H groups in total. The fraction of sp³-hybridized carbons (Fsp3) is 0.769. The minimum absolute atomic E-state index is 0.309. The van der Waals surface area contributed by atoms with Crippen LogP contribution in [0.15, 0.2) is 0 Å². The molecular weight excluding hydrogens is 272 g/mol. The Kier molecular flexibility index (Phi) is 4.79. The van der Waals surface area contributed by atoms with Crippen LogP contribution in [0.25, 0.3) is 0 Å². The monoisotopic (exact) mass is 296 g/mol. The fourth-order valence-electron chi connectivity index (χ4n) is 2.34. The minimum atomic E-state index is -0.669. The number of aliphatic hydroxyl groups is 1. The van der Waals surface area contributed by atoms with Gasteiger partial charge in [0.05, 0.1) is 12.7 Å². The molecule has 118 valence electrons. The first-order chi connectivity index (χ1) is 9.91. The number of β-amino-alcohol motifs (C(OH)–C–C–N with tert-alkyl or cyclic N) is 1. The van der Waals surface area contributed by atoms with E-state index in [-0.39, 0.29) is 0 Å². The zero-order valence-electron chi connectivity index (χ0n) is 13.1. The molecular formula is C13H24N6O2. The van der Waals surface area contributed by atoms with Gasteiger partial charge in [0.2, 0.25) is 11.9 Å². The van der Waals surface area contributed by atoms with Crippen LogP contribution in [0.5, 0.6) is 6.01 Å². The minimum Gasteiger partial charge on any atom is -0.467 e. The smallest absolute Gasteiger partial charge is 0.322 e. The van der Waals surface area contributed by atoms with E-state index in [4.69, 9.17) is 4.74 Å². The predicted molar refractivity (Wildman–Crippen MR) is 80.9 cm³/mol. The van der Waals surface area contributed by atoms with Crippen molar-refractivity contribution in [1.29, 1.82) is 0 Å². The second kappa shape index (κ2) is 6.40. The molecule has 1 aliphatic rings. The molecule has 0 saturated carbocycles. The van der Waals surface area contributed by atoms with E-state index in [1.165, 1.54) is 0 Å². The summed E-state index contributed by atoms with van der Waals surface area (Å²) in [5, 5.41) is 12.8. The van der Waals surface area contributed by atoms with E-state index in [1.54, 1.807) is 14.2 Å². The van der Waals surface area contributed by atoms with Gasteiger partial charge in [-0.3, -0.25) is 4.90 Å². The average Bonchev–Trinajstić information content (AvgIpc) is 2.45. The van der Waals surface area contributed by atoms with Gasteiger partial charge in [-0.15, -0.1) is 0 Å². The molecule has 0 radical (unpaired) electrons. The van der Waals surface area contributed by atoms with Crippen molar-refractivity contribution in [3.8, 4) is 6.01 Å². The molecule has 8 heteroatoms. The number of anilines is 2. The second-order valence-electron chi connectivity index (χ2n) is 5.77. The summed E-state index contributed by atoms with van der Waals surface area (Å²) in [6.07, 6.45) is 0. The summed E-state index contributed by atoms with van der Waals surface area (Å²) in [6, 6.07) is 0.309. The van der Waals surface area contributed by atoms with Crippen molar-refractivity contribution in [3.63, 3.8) is 0 Å². The zero-order chi connectivity index (χ0) is 15.5. The van der Waals surface area contributed by atoms with E-state index in [1.807, 2.05) is 13.8 Å². The standard InChI is InChI=1S/C13H24N6O2/c1-13(2,20)9-18-5-7-19(8-6-18)11-15-10(14-3)16-12(17-11)21-4/h20H,5-9H2,1-4H3,(H,14,15,16,17). The van der Waals surface area contributed by atoms with Gasteiger partial charge in [-0.1, -0.05) is 0 Å². The highest BCUT2D eigenvalue weighted by Gasteiger charge is 2.24. The molecule has 8 nitrogen and oxygen atoms in total. The van der Waals surface area contributed by atoms with Crippen LogP contribution in [0.4, 0.5) is 11.9 Å². The normalized spacial score (nSPS) is 16.9. The van der Waals surface area contributed by atoms with E-state index in [0.717, 1.165) is 26.2 Å². The van der Waals surface area contributed by atoms with Crippen LogP contribution in [0, 0.1) is 0 Å². The lowest BCUT2D eigenvalue weighted by molar-refractivity contribution is 0.0344. The quantitative estimate of drug-likeness (QED) is 0.773. The SMILES string of the molecule is CNc1nc(OC)nc(N2CCN(CC(C)(C)O)CC2)n1. The van der Waals surface area contributed by atoms with Gasteiger partial charge in [-0.2, -0.15) is 15.0 Å². The van der Waals surface area contributed by atoms with E-state index >= 15 is 0 Å². The van der Waals surface area contributed by atoms with Gasteiger partial charge < -0.3 is 20.1 Å². The van der Waals surface area contributed by atoms with Gasteiger partial charge in [0.25, 0.3) is 0 Å². The van der Waals surface area contributed by atoms with Crippen molar-refractivity contribution in [2.75, 3.05) is 57.1 Å². The molecule has 0 amide bonds. The van der Waals surface area contributed by atoms with Crippen LogP contribution in [0.1, 0.15) is 13.8 Å². The molecule has 0 unspecified atom stereocenters. The van der Waals surface area contributed by atoms with Gasteiger partial charge in [0.15, 0.2) is 0 Å². The Hall–Kier alpha value is -1.67. The number of nitrogens with zero attached hydrogens (tertiary/aromatic N) is 5.